The molecule has 0 atom stereocenters. The average Bonchev–Trinajstić information content (AvgIpc) is 2.40. The van der Waals surface area contributed by atoms with E-state index in [0.29, 0.717) is 17.0 Å². The summed E-state index contributed by atoms with van der Waals surface area (Å²) in [5.74, 6) is -0.511. The molecule has 0 bridgehead atoms. The first kappa shape index (κ1) is 14.9. The van der Waals surface area contributed by atoms with Crippen LogP contribution in [-0.4, -0.2) is 15.9 Å². The maximum atomic E-state index is 13.1. The van der Waals surface area contributed by atoms with Crippen molar-refractivity contribution in [1.29, 1.82) is 0 Å². The van der Waals surface area contributed by atoms with E-state index in [9.17, 15) is 9.18 Å². The van der Waals surface area contributed by atoms with Crippen LogP contribution in [0.1, 0.15) is 32.4 Å². The highest BCUT2D eigenvalue weighted by Crippen LogP contribution is 2.35. The highest BCUT2D eigenvalue weighted by Gasteiger charge is 2.20. The van der Waals surface area contributed by atoms with E-state index in [1.54, 1.807) is 12.1 Å². The van der Waals surface area contributed by atoms with Gasteiger partial charge in [-0.2, -0.15) is 0 Å². The Morgan fingerprint density at radius 2 is 1.86 bits per heavy atom. The number of carbonyl (C=O) groups excluding carboxylic acids is 1. The van der Waals surface area contributed by atoms with Gasteiger partial charge in [-0.1, -0.05) is 13.8 Å². The van der Waals surface area contributed by atoms with E-state index < -0.39 is 5.97 Å². The average molecular weight is 289 g/mol. The summed E-state index contributed by atoms with van der Waals surface area (Å²) >= 11 is 0. The number of hydrogen-bond donors (Lipinski definition) is 1. The van der Waals surface area contributed by atoms with Gasteiger partial charge in [-0.15, -0.1) is 0 Å². The zero-order valence-corrected chi connectivity index (χ0v) is 12.1. The molecule has 1 aromatic heterocycles. The summed E-state index contributed by atoms with van der Waals surface area (Å²) in [6, 6.07) is 5.71. The van der Waals surface area contributed by atoms with Crippen molar-refractivity contribution in [2.24, 2.45) is 0 Å². The lowest BCUT2D eigenvalue weighted by atomic mass is 10.0. The van der Waals surface area contributed by atoms with Gasteiger partial charge in [0.05, 0.1) is 5.69 Å². The molecule has 1 aromatic carbocycles. The molecule has 2 rings (SSSR count). The van der Waals surface area contributed by atoms with Crippen molar-refractivity contribution in [3.05, 3.63) is 35.8 Å². The fraction of sp³-hybridized carbons (Fsp3) is 0.267. The van der Waals surface area contributed by atoms with E-state index in [4.69, 9.17) is 10.5 Å². The van der Waals surface area contributed by atoms with Gasteiger partial charge in [0.2, 0.25) is 5.95 Å². The highest BCUT2D eigenvalue weighted by atomic mass is 19.1. The number of nitrogens with zero attached hydrogens (tertiary/aromatic N) is 2. The second kappa shape index (κ2) is 5.87. The number of halogens is 1. The van der Waals surface area contributed by atoms with Crippen LogP contribution in [0.25, 0.3) is 11.3 Å². The number of rotatable bonds is 3. The fourth-order valence-corrected chi connectivity index (χ4v) is 1.92. The molecule has 0 aliphatic carbocycles. The van der Waals surface area contributed by atoms with Crippen molar-refractivity contribution >= 4 is 11.9 Å². The third kappa shape index (κ3) is 3.34. The first-order valence-electron chi connectivity index (χ1n) is 6.50. The van der Waals surface area contributed by atoms with E-state index in [0.717, 1.165) is 0 Å². The lowest BCUT2D eigenvalue weighted by molar-refractivity contribution is -0.131. The molecular formula is C15H16FN3O2. The largest absolute Gasteiger partial charge is 0.422 e. The maximum absolute atomic E-state index is 13.1. The molecule has 2 N–H and O–H groups in total. The maximum Gasteiger partial charge on any atom is 0.308 e. The molecule has 2 aromatic rings. The number of carbonyl (C=O) groups is 1. The number of aromatic nitrogens is 2. The number of nitrogen functional groups attached to an aromatic ring is 1. The molecule has 5 nitrogen and oxygen atoms in total. The van der Waals surface area contributed by atoms with Crippen molar-refractivity contribution in [1.82, 2.24) is 9.97 Å². The predicted octanol–water partition coefficient (Wildman–Crippen LogP) is 2.91. The number of hydrogen-bond acceptors (Lipinski definition) is 5. The lowest BCUT2D eigenvalue weighted by Gasteiger charge is -2.15. The first-order chi connectivity index (χ1) is 9.88. The summed E-state index contributed by atoms with van der Waals surface area (Å²) < 4.78 is 18.3. The van der Waals surface area contributed by atoms with E-state index in [-0.39, 0.29) is 23.4 Å². The quantitative estimate of drug-likeness (QED) is 0.879. The first-order valence-corrected chi connectivity index (χ1v) is 6.50. The van der Waals surface area contributed by atoms with Gasteiger partial charge in [0, 0.05) is 12.5 Å². The smallest absolute Gasteiger partial charge is 0.308 e. The van der Waals surface area contributed by atoms with Crippen LogP contribution in [0.2, 0.25) is 0 Å². The summed E-state index contributed by atoms with van der Waals surface area (Å²) in [6.45, 7) is 5.11. The molecule has 0 fully saturated rings. The summed E-state index contributed by atoms with van der Waals surface area (Å²) in [4.78, 5) is 19.6. The van der Waals surface area contributed by atoms with Crippen LogP contribution in [0.15, 0.2) is 24.3 Å². The van der Waals surface area contributed by atoms with Gasteiger partial charge in [0.25, 0.3) is 0 Å². The zero-order valence-electron chi connectivity index (χ0n) is 12.1. The number of esters is 1. The third-order valence-corrected chi connectivity index (χ3v) is 2.82. The van der Waals surface area contributed by atoms with Gasteiger partial charge in [-0.25, -0.2) is 14.4 Å². The molecule has 0 aliphatic heterocycles. The van der Waals surface area contributed by atoms with Crippen molar-refractivity contribution in [3.8, 4) is 17.0 Å². The molecule has 0 saturated heterocycles. The SMILES string of the molecule is CC(=O)Oc1c(-c2ccc(F)cc2)nc(N)nc1C(C)C. The van der Waals surface area contributed by atoms with Crippen molar-refractivity contribution in [3.63, 3.8) is 0 Å². The standard InChI is InChI=1S/C15H16FN3O2/c1-8(2)12-14(21-9(3)20)13(19-15(17)18-12)10-4-6-11(16)7-5-10/h4-8H,1-3H3,(H2,17,18,19). The predicted molar refractivity (Wildman–Crippen MR) is 77.2 cm³/mol. The molecule has 0 aliphatic rings. The molecule has 110 valence electrons. The Labute approximate surface area is 122 Å². The van der Waals surface area contributed by atoms with Crippen LogP contribution >= 0.6 is 0 Å². The van der Waals surface area contributed by atoms with Crippen LogP contribution in [-0.2, 0) is 4.79 Å². The topological polar surface area (TPSA) is 78.1 Å². The summed E-state index contributed by atoms with van der Waals surface area (Å²) in [5, 5.41) is 0. The molecule has 0 unspecified atom stereocenters. The zero-order chi connectivity index (χ0) is 15.6. The monoisotopic (exact) mass is 289 g/mol. The number of anilines is 1. The second-order valence-corrected chi connectivity index (χ2v) is 4.90. The van der Waals surface area contributed by atoms with Crippen LogP contribution < -0.4 is 10.5 Å². The Kier molecular flexibility index (Phi) is 4.16. The van der Waals surface area contributed by atoms with Crippen LogP contribution in [0.5, 0.6) is 5.75 Å². The summed E-state index contributed by atoms with van der Waals surface area (Å²) in [7, 11) is 0. The van der Waals surface area contributed by atoms with Gasteiger partial charge >= 0.3 is 5.97 Å². The molecule has 21 heavy (non-hydrogen) atoms. The minimum absolute atomic E-state index is 0.0103. The molecule has 6 heteroatoms. The van der Waals surface area contributed by atoms with E-state index >= 15 is 0 Å². The molecule has 0 radical (unpaired) electrons. The van der Waals surface area contributed by atoms with E-state index in [1.165, 1.54) is 19.1 Å². The Morgan fingerprint density at radius 1 is 1.24 bits per heavy atom. The van der Waals surface area contributed by atoms with Gasteiger partial charge < -0.3 is 10.5 Å². The molecule has 1 heterocycles. The molecular weight excluding hydrogens is 273 g/mol. The molecule has 0 saturated carbocycles. The minimum Gasteiger partial charge on any atom is -0.422 e. The van der Waals surface area contributed by atoms with Gasteiger partial charge in [-0.3, -0.25) is 4.79 Å². The van der Waals surface area contributed by atoms with Crippen molar-refractivity contribution in [2.45, 2.75) is 26.7 Å². The second-order valence-electron chi connectivity index (χ2n) is 4.90. The van der Waals surface area contributed by atoms with Crippen LogP contribution in [0.4, 0.5) is 10.3 Å². The number of nitrogens with two attached hydrogens (primary N) is 1. The molecule has 0 amide bonds. The van der Waals surface area contributed by atoms with E-state index in [2.05, 4.69) is 9.97 Å². The lowest BCUT2D eigenvalue weighted by Crippen LogP contribution is -2.11. The highest BCUT2D eigenvalue weighted by molar-refractivity contribution is 5.76. The Balaban J connectivity index is 2.67. The number of ether oxygens (including phenoxy) is 1. The molecule has 0 spiro atoms. The normalized spacial score (nSPS) is 10.7. The third-order valence-electron chi connectivity index (χ3n) is 2.82. The Bertz CT molecular complexity index is 669. The van der Waals surface area contributed by atoms with Crippen LogP contribution in [0.3, 0.4) is 0 Å². The van der Waals surface area contributed by atoms with Gasteiger partial charge in [0.1, 0.15) is 11.5 Å². The summed E-state index contributed by atoms with van der Waals surface area (Å²) in [6.07, 6.45) is 0. The van der Waals surface area contributed by atoms with E-state index in [1.807, 2.05) is 13.8 Å². The Hall–Kier alpha value is -2.50. The van der Waals surface area contributed by atoms with Crippen LogP contribution in [0, 0.1) is 5.82 Å². The Morgan fingerprint density at radius 3 is 2.38 bits per heavy atom. The van der Waals surface area contributed by atoms with Gasteiger partial charge in [-0.05, 0) is 30.2 Å². The summed E-state index contributed by atoms with van der Waals surface area (Å²) in [5.41, 5.74) is 7.24. The minimum atomic E-state index is -0.478. The van der Waals surface area contributed by atoms with Crippen molar-refractivity contribution < 1.29 is 13.9 Å². The fourth-order valence-electron chi connectivity index (χ4n) is 1.92. The van der Waals surface area contributed by atoms with Crippen molar-refractivity contribution in [2.75, 3.05) is 5.73 Å². The number of benzene rings is 1. The van der Waals surface area contributed by atoms with Gasteiger partial charge in [0.15, 0.2) is 5.75 Å².